The Kier molecular flexibility index (Phi) is 1.97. The quantitative estimate of drug-likeness (QED) is 0.471. The van der Waals surface area contributed by atoms with Gasteiger partial charge in [-0.15, -0.1) is 0 Å². The van der Waals surface area contributed by atoms with E-state index in [4.69, 9.17) is 0 Å². The number of rotatable bonds is 0. The number of hydrogen-bond donors (Lipinski definition) is 0. The van der Waals surface area contributed by atoms with Gasteiger partial charge in [0.25, 0.3) is 0 Å². The first-order chi connectivity index (χ1) is 7.77. The van der Waals surface area contributed by atoms with Crippen LogP contribution in [0.3, 0.4) is 0 Å². The lowest BCUT2D eigenvalue weighted by molar-refractivity contribution is 1.50. The van der Waals surface area contributed by atoms with E-state index in [0.717, 1.165) is 0 Å². The van der Waals surface area contributed by atoms with Crippen molar-refractivity contribution < 1.29 is 0 Å². The first-order valence-corrected chi connectivity index (χ1v) is 5.65. The second kappa shape index (κ2) is 3.34. The Hall–Kier alpha value is -1.82. The highest BCUT2D eigenvalue weighted by molar-refractivity contribution is 6.09. The fraction of sp³-hybridized carbons (Fsp3) is 0.125. The zero-order chi connectivity index (χ0) is 11.1. The summed E-state index contributed by atoms with van der Waals surface area (Å²) in [5, 5.41) is 5.46. The Morgan fingerprint density at radius 2 is 1.19 bits per heavy atom. The average Bonchev–Trinajstić information content (AvgIpc) is 2.31. The Bertz CT molecular complexity index is 673. The summed E-state index contributed by atoms with van der Waals surface area (Å²) < 4.78 is 0. The molecule has 0 unspecified atom stereocenters. The summed E-state index contributed by atoms with van der Waals surface area (Å²) in [5.41, 5.74) is 2.71. The van der Waals surface area contributed by atoms with Gasteiger partial charge in [0, 0.05) is 0 Å². The van der Waals surface area contributed by atoms with Crippen LogP contribution in [-0.2, 0) is 0 Å². The Morgan fingerprint density at radius 1 is 0.562 bits per heavy atom. The molecule has 0 fully saturated rings. The van der Waals surface area contributed by atoms with Gasteiger partial charge in [-0.2, -0.15) is 0 Å². The van der Waals surface area contributed by atoms with Crippen molar-refractivity contribution >= 4 is 21.5 Å². The van der Waals surface area contributed by atoms with Crippen molar-refractivity contribution in [3.63, 3.8) is 0 Å². The van der Waals surface area contributed by atoms with Gasteiger partial charge in [0.1, 0.15) is 0 Å². The molecule has 0 aliphatic rings. The molecule has 0 aliphatic carbocycles. The van der Waals surface area contributed by atoms with E-state index in [1.807, 2.05) is 0 Å². The van der Waals surface area contributed by atoms with E-state index < -0.39 is 0 Å². The topological polar surface area (TPSA) is 0 Å². The molecule has 16 heavy (non-hydrogen) atoms. The molecule has 3 aromatic rings. The third kappa shape index (κ3) is 1.23. The zero-order valence-corrected chi connectivity index (χ0v) is 9.62. The minimum Gasteiger partial charge on any atom is -0.0616 e. The second-order valence-corrected chi connectivity index (χ2v) is 4.41. The SMILES string of the molecule is Cc1cc2c(C)cccc2c2ccccc12. The van der Waals surface area contributed by atoms with Crippen molar-refractivity contribution in [2.45, 2.75) is 13.8 Å². The molecule has 0 heterocycles. The Labute approximate surface area is 95.5 Å². The first-order valence-electron chi connectivity index (χ1n) is 5.65. The van der Waals surface area contributed by atoms with Gasteiger partial charge < -0.3 is 0 Å². The van der Waals surface area contributed by atoms with Crippen LogP contribution in [0.15, 0.2) is 48.5 Å². The predicted molar refractivity (Wildman–Crippen MR) is 70.9 cm³/mol. The summed E-state index contributed by atoms with van der Waals surface area (Å²) >= 11 is 0. The van der Waals surface area contributed by atoms with Gasteiger partial charge in [-0.25, -0.2) is 0 Å². The van der Waals surface area contributed by atoms with Crippen molar-refractivity contribution in [2.75, 3.05) is 0 Å². The van der Waals surface area contributed by atoms with Gasteiger partial charge in [-0.05, 0) is 46.5 Å². The van der Waals surface area contributed by atoms with Crippen LogP contribution >= 0.6 is 0 Å². The maximum Gasteiger partial charge on any atom is -0.0103 e. The Balaban J connectivity index is 2.64. The lowest BCUT2D eigenvalue weighted by Crippen LogP contribution is -1.84. The van der Waals surface area contributed by atoms with E-state index in [0.29, 0.717) is 0 Å². The van der Waals surface area contributed by atoms with Crippen LogP contribution in [0.25, 0.3) is 21.5 Å². The van der Waals surface area contributed by atoms with Crippen LogP contribution in [-0.4, -0.2) is 0 Å². The van der Waals surface area contributed by atoms with Gasteiger partial charge >= 0.3 is 0 Å². The molecule has 0 aliphatic heterocycles. The number of fused-ring (bicyclic) bond motifs is 3. The largest absolute Gasteiger partial charge is 0.0616 e. The maximum atomic E-state index is 2.30. The molecule has 0 N–H and O–H groups in total. The molecule has 0 saturated carbocycles. The smallest absolute Gasteiger partial charge is 0.0103 e. The summed E-state index contributed by atoms with van der Waals surface area (Å²) in [7, 11) is 0. The molecule has 0 radical (unpaired) electrons. The first kappa shape index (κ1) is 9.41. The lowest BCUT2D eigenvalue weighted by Gasteiger charge is -2.09. The molecule has 0 aromatic heterocycles. The molecule has 3 rings (SSSR count). The van der Waals surface area contributed by atoms with Gasteiger partial charge in [-0.3, -0.25) is 0 Å². The molecule has 0 nitrogen and oxygen atoms in total. The summed E-state index contributed by atoms with van der Waals surface area (Å²) in [4.78, 5) is 0. The van der Waals surface area contributed by atoms with Gasteiger partial charge in [0.15, 0.2) is 0 Å². The monoisotopic (exact) mass is 206 g/mol. The summed E-state index contributed by atoms with van der Waals surface area (Å²) in [6, 6.07) is 17.5. The van der Waals surface area contributed by atoms with Crippen molar-refractivity contribution in [1.29, 1.82) is 0 Å². The van der Waals surface area contributed by atoms with Crippen LogP contribution in [0.1, 0.15) is 11.1 Å². The molecule has 0 heteroatoms. The second-order valence-electron chi connectivity index (χ2n) is 4.41. The molecule has 78 valence electrons. The highest BCUT2D eigenvalue weighted by Gasteiger charge is 2.04. The number of aryl methyl sites for hydroxylation is 2. The van der Waals surface area contributed by atoms with E-state index in [2.05, 4.69) is 62.4 Å². The van der Waals surface area contributed by atoms with Crippen molar-refractivity contribution in [3.05, 3.63) is 59.7 Å². The average molecular weight is 206 g/mol. The molecule has 0 bridgehead atoms. The predicted octanol–water partition coefficient (Wildman–Crippen LogP) is 4.61. The van der Waals surface area contributed by atoms with E-state index in [1.54, 1.807) is 0 Å². The standard InChI is InChI=1S/C16H14/c1-11-6-5-9-15-14-8-4-3-7-13(14)12(2)10-16(11)15/h3-10H,1-2H3. The summed E-state index contributed by atoms with van der Waals surface area (Å²) in [6.45, 7) is 4.37. The molecular formula is C16H14. The van der Waals surface area contributed by atoms with E-state index >= 15 is 0 Å². The van der Waals surface area contributed by atoms with Crippen molar-refractivity contribution in [3.8, 4) is 0 Å². The Morgan fingerprint density at radius 3 is 2.00 bits per heavy atom. The van der Waals surface area contributed by atoms with Crippen LogP contribution < -0.4 is 0 Å². The summed E-state index contributed by atoms with van der Waals surface area (Å²) in [5.74, 6) is 0. The zero-order valence-electron chi connectivity index (χ0n) is 9.62. The fourth-order valence-corrected chi connectivity index (χ4v) is 2.46. The molecule has 3 aromatic carbocycles. The third-order valence-corrected chi connectivity index (χ3v) is 3.33. The van der Waals surface area contributed by atoms with E-state index in [9.17, 15) is 0 Å². The van der Waals surface area contributed by atoms with Crippen molar-refractivity contribution in [1.82, 2.24) is 0 Å². The van der Waals surface area contributed by atoms with Crippen molar-refractivity contribution in [2.24, 2.45) is 0 Å². The molecular weight excluding hydrogens is 192 g/mol. The minimum atomic E-state index is 1.35. The van der Waals surface area contributed by atoms with Crippen LogP contribution in [0.5, 0.6) is 0 Å². The highest BCUT2D eigenvalue weighted by atomic mass is 14.1. The van der Waals surface area contributed by atoms with E-state index in [1.165, 1.54) is 32.7 Å². The minimum absolute atomic E-state index is 1.35. The maximum absolute atomic E-state index is 2.30. The lowest BCUT2D eigenvalue weighted by atomic mass is 9.96. The molecule has 0 atom stereocenters. The fourth-order valence-electron chi connectivity index (χ4n) is 2.46. The van der Waals surface area contributed by atoms with Gasteiger partial charge in [0.2, 0.25) is 0 Å². The van der Waals surface area contributed by atoms with Gasteiger partial charge in [0.05, 0.1) is 0 Å². The van der Waals surface area contributed by atoms with Crippen LogP contribution in [0.2, 0.25) is 0 Å². The van der Waals surface area contributed by atoms with Crippen LogP contribution in [0.4, 0.5) is 0 Å². The summed E-state index contributed by atoms with van der Waals surface area (Å²) in [6.07, 6.45) is 0. The molecule has 0 saturated heterocycles. The number of hydrogen-bond acceptors (Lipinski definition) is 0. The van der Waals surface area contributed by atoms with Gasteiger partial charge in [-0.1, -0.05) is 48.5 Å². The normalized spacial score (nSPS) is 11.1. The number of benzene rings is 3. The molecule has 0 spiro atoms. The van der Waals surface area contributed by atoms with Crippen LogP contribution in [0, 0.1) is 13.8 Å². The molecule has 0 amide bonds. The van der Waals surface area contributed by atoms with E-state index in [-0.39, 0.29) is 0 Å². The highest BCUT2D eigenvalue weighted by Crippen LogP contribution is 2.29. The third-order valence-electron chi connectivity index (χ3n) is 3.33.